The van der Waals surface area contributed by atoms with Crippen molar-refractivity contribution in [2.75, 3.05) is 32.4 Å². The van der Waals surface area contributed by atoms with Crippen LogP contribution < -0.4 is 5.32 Å². The van der Waals surface area contributed by atoms with Crippen LogP contribution in [-0.2, 0) is 14.6 Å². The van der Waals surface area contributed by atoms with E-state index in [2.05, 4.69) is 5.32 Å². The van der Waals surface area contributed by atoms with E-state index in [9.17, 15) is 13.2 Å². The zero-order chi connectivity index (χ0) is 13.8. The van der Waals surface area contributed by atoms with Crippen LogP contribution in [0.5, 0.6) is 0 Å². The van der Waals surface area contributed by atoms with Gasteiger partial charge in [0.25, 0.3) is 0 Å². The molecule has 19 heavy (non-hydrogen) atoms. The first-order valence-electron chi connectivity index (χ1n) is 6.58. The Balaban J connectivity index is 0.00000324. The van der Waals surface area contributed by atoms with Gasteiger partial charge in [-0.3, -0.25) is 4.79 Å². The van der Waals surface area contributed by atoms with Crippen molar-refractivity contribution in [3.8, 4) is 0 Å². The Morgan fingerprint density at radius 3 is 2.16 bits per heavy atom. The number of carbonyl (C=O) groups excluding carboxylic acids is 1. The minimum absolute atomic E-state index is 0. The molecule has 0 saturated carbocycles. The van der Waals surface area contributed by atoms with Crippen LogP contribution >= 0.6 is 12.4 Å². The lowest BCUT2D eigenvalue weighted by Gasteiger charge is -2.38. The van der Waals surface area contributed by atoms with Gasteiger partial charge in [0.15, 0.2) is 14.6 Å². The van der Waals surface area contributed by atoms with Gasteiger partial charge in [0.1, 0.15) is 0 Å². The highest BCUT2D eigenvalue weighted by Gasteiger charge is 2.50. The van der Waals surface area contributed by atoms with Gasteiger partial charge < -0.3 is 10.2 Å². The highest BCUT2D eigenvalue weighted by atomic mass is 35.5. The molecule has 0 atom stereocenters. The summed E-state index contributed by atoms with van der Waals surface area (Å²) in [4.78, 5) is 14.3. The average Bonchev–Trinajstić information content (AvgIpc) is 2.34. The first kappa shape index (κ1) is 18.7. The lowest BCUT2D eigenvalue weighted by Crippen LogP contribution is -2.58. The number of hydrogen-bond acceptors (Lipinski definition) is 4. The quantitative estimate of drug-likeness (QED) is 0.817. The topological polar surface area (TPSA) is 66.5 Å². The van der Waals surface area contributed by atoms with Crippen molar-refractivity contribution >= 4 is 28.2 Å². The molecule has 1 amide bonds. The van der Waals surface area contributed by atoms with Gasteiger partial charge in [0.05, 0.1) is 0 Å². The van der Waals surface area contributed by atoms with Crippen LogP contribution in [0.3, 0.4) is 0 Å². The zero-order valence-electron chi connectivity index (χ0n) is 11.9. The summed E-state index contributed by atoms with van der Waals surface area (Å²) in [6, 6.07) is 0. The summed E-state index contributed by atoms with van der Waals surface area (Å²) in [6.45, 7) is 6.25. The fourth-order valence-corrected chi connectivity index (χ4v) is 3.93. The average molecular weight is 313 g/mol. The van der Waals surface area contributed by atoms with E-state index in [1.165, 1.54) is 6.26 Å². The molecule has 7 heteroatoms. The molecule has 1 N–H and O–H groups in total. The lowest BCUT2D eigenvalue weighted by atomic mass is 9.95. The van der Waals surface area contributed by atoms with Crippen LogP contribution in [0.4, 0.5) is 0 Å². The van der Waals surface area contributed by atoms with E-state index >= 15 is 0 Å². The number of amides is 1. The van der Waals surface area contributed by atoms with Crippen LogP contribution in [0, 0.1) is 0 Å². The molecule has 0 aromatic heterocycles. The molecule has 114 valence electrons. The van der Waals surface area contributed by atoms with Crippen molar-refractivity contribution in [3.05, 3.63) is 0 Å². The smallest absolute Gasteiger partial charge is 0.244 e. The van der Waals surface area contributed by atoms with E-state index in [1.54, 1.807) is 4.90 Å². The zero-order valence-corrected chi connectivity index (χ0v) is 13.6. The normalized spacial score (nSPS) is 18.5. The second-order valence-electron chi connectivity index (χ2n) is 4.90. The molecule has 1 heterocycles. The van der Waals surface area contributed by atoms with Crippen molar-refractivity contribution in [1.29, 1.82) is 0 Å². The molecule has 0 bridgehead atoms. The molecule has 0 unspecified atom stereocenters. The van der Waals surface area contributed by atoms with Crippen molar-refractivity contribution < 1.29 is 13.2 Å². The second-order valence-corrected chi connectivity index (χ2v) is 7.23. The van der Waals surface area contributed by atoms with Gasteiger partial charge in [0, 0.05) is 19.3 Å². The van der Waals surface area contributed by atoms with E-state index in [-0.39, 0.29) is 18.3 Å². The molecule has 0 spiro atoms. The van der Waals surface area contributed by atoms with Crippen molar-refractivity contribution in [2.24, 2.45) is 0 Å². The third-order valence-corrected chi connectivity index (χ3v) is 5.68. The first-order chi connectivity index (χ1) is 8.39. The van der Waals surface area contributed by atoms with Crippen molar-refractivity contribution in [3.63, 3.8) is 0 Å². The molecule has 0 aromatic rings. The predicted molar refractivity (Wildman–Crippen MR) is 79.5 cm³/mol. The van der Waals surface area contributed by atoms with Gasteiger partial charge in [-0.15, -0.1) is 12.4 Å². The summed E-state index contributed by atoms with van der Waals surface area (Å²) >= 11 is 0. The molecule has 5 nitrogen and oxygen atoms in total. The molecule has 1 aliphatic heterocycles. The van der Waals surface area contributed by atoms with Gasteiger partial charge in [-0.2, -0.15) is 0 Å². The van der Waals surface area contributed by atoms with E-state index in [4.69, 9.17) is 0 Å². The number of nitrogens with zero attached hydrogens (tertiary/aromatic N) is 1. The van der Waals surface area contributed by atoms with Crippen LogP contribution in [0.2, 0.25) is 0 Å². The van der Waals surface area contributed by atoms with Crippen LogP contribution in [-0.4, -0.2) is 56.4 Å². The Morgan fingerprint density at radius 1 is 1.26 bits per heavy atom. The van der Waals surface area contributed by atoms with Crippen LogP contribution in [0.15, 0.2) is 0 Å². The summed E-state index contributed by atoms with van der Waals surface area (Å²) < 4.78 is 23.0. The molecule has 0 aliphatic carbocycles. The minimum atomic E-state index is -3.39. The van der Waals surface area contributed by atoms with E-state index in [0.717, 1.165) is 6.42 Å². The van der Waals surface area contributed by atoms with Crippen LogP contribution in [0.25, 0.3) is 0 Å². The number of carbonyl (C=O) groups is 1. The molecule has 1 aliphatic rings. The summed E-state index contributed by atoms with van der Waals surface area (Å²) in [5, 5.41) is 3.12. The van der Waals surface area contributed by atoms with Crippen molar-refractivity contribution in [1.82, 2.24) is 10.2 Å². The molecular formula is C12H25ClN2O3S. The molecule has 1 fully saturated rings. The van der Waals surface area contributed by atoms with E-state index in [0.29, 0.717) is 39.0 Å². The maximum absolute atomic E-state index is 12.6. The first-order valence-corrected chi connectivity index (χ1v) is 8.48. The maximum Gasteiger partial charge on any atom is 0.244 e. The number of sulfone groups is 1. The molecule has 0 radical (unpaired) electrons. The van der Waals surface area contributed by atoms with Gasteiger partial charge >= 0.3 is 0 Å². The molecule has 1 rings (SSSR count). The number of hydrogen-bond donors (Lipinski definition) is 1. The molecule has 1 saturated heterocycles. The largest absolute Gasteiger partial charge is 0.342 e. The summed E-state index contributed by atoms with van der Waals surface area (Å²) in [6.07, 6.45) is 2.80. The van der Waals surface area contributed by atoms with Gasteiger partial charge in [-0.25, -0.2) is 8.42 Å². The standard InChI is InChI=1S/C12H24N2O3S.ClH/c1-4-10-14(5-2)11(15)12(18(3,16)17)6-8-13-9-7-12;/h13H,4-10H2,1-3H3;1H. The Kier molecular flexibility index (Phi) is 7.32. The Labute approximate surface area is 122 Å². The fourth-order valence-electron chi connectivity index (χ4n) is 2.54. The monoisotopic (exact) mass is 312 g/mol. The van der Waals surface area contributed by atoms with Crippen LogP contribution in [0.1, 0.15) is 33.1 Å². The molecule has 0 aromatic carbocycles. The van der Waals surface area contributed by atoms with Gasteiger partial charge in [-0.1, -0.05) is 6.92 Å². The van der Waals surface area contributed by atoms with Gasteiger partial charge in [-0.05, 0) is 39.3 Å². The lowest BCUT2D eigenvalue weighted by molar-refractivity contribution is -0.134. The third-order valence-electron chi connectivity index (χ3n) is 3.67. The number of rotatable bonds is 5. The number of piperidine rings is 1. The highest BCUT2D eigenvalue weighted by molar-refractivity contribution is 7.92. The Morgan fingerprint density at radius 2 is 1.79 bits per heavy atom. The minimum Gasteiger partial charge on any atom is -0.342 e. The van der Waals surface area contributed by atoms with E-state index < -0.39 is 14.6 Å². The van der Waals surface area contributed by atoms with Gasteiger partial charge in [0.2, 0.25) is 5.91 Å². The number of halogens is 1. The maximum atomic E-state index is 12.6. The summed E-state index contributed by atoms with van der Waals surface area (Å²) in [5.74, 6) is -0.212. The fraction of sp³-hybridized carbons (Fsp3) is 0.917. The third kappa shape index (κ3) is 3.83. The second kappa shape index (κ2) is 7.45. The van der Waals surface area contributed by atoms with Crippen molar-refractivity contribution in [2.45, 2.75) is 37.9 Å². The summed E-state index contributed by atoms with van der Waals surface area (Å²) in [7, 11) is -3.39. The SMILES string of the molecule is CCCN(CC)C(=O)C1(S(C)(=O)=O)CCNCC1.Cl. The Hall–Kier alpha value is -0.330. The highest BCUT2D eigenvalue weighted by Crippen LogP contribution is 2.30. The Bertz CT molecular complexity index is 392. The number of nitrogens with one attached hydrogen (secondary N) is 1. The molecular weight excluding hydrogens is 288 g/mol. The summed E-state index contributed by atoms with van der Waals surface area (Å²) in [5.41, 5.74) is 0. The van der Waals surface area contributed by atoms with E-state index in [1.807, 2.05) is 13.8 Å². The predicted octanol–water partition coefficient (Wildman–Crippen LogP) is 0.833.